The van der Waals surface area contributed by atoms with E-state index in [2.05, 4.69) is 38.8 Å². The lowest BCUT2D eigenvalue weighted by Gasteiger charge is -2.14. The lowest BCUT2D eigenvalue weighted by Crippen LogP contribution is -2.34. The van der Waals surface area contributed by atoms with Crippen LogP contribution in [0.25, 0.3) is 0 Å². The molecule has 2 amide bonds. The van der Waals surface area contributed by atoms with Crippen molar-refractivity contribution in [3.63, 3.8) is 0 Å². The zero-order chi connectivity index (χ0) is 24.2. The third-order valence-electron chi connectivity index (χ3n) is 4.10. The molecule has 0 spiro atoms. The van der Waals surface area contributed by atoms with E-state index >= 15 is 0 Å². The van der Waals surface area contributed by atoms with Gasteiger partial charge in [0, 0.05) is 6.61 Å². The first-order valence-electron chi connectivity index (χ1n) is 11.0. The van der Waals surface area contributed by atoms with E-state index < -0.39 is 0 Å². The van der Waals surface area contributed by atoms with Crippen LogP contribution in [-0.2, 0) is 42.7 Å². The first kappa shape index (κ1) is 30.6. The van der Waals surface area contributed by atoms with Crippen molar-refractivity contribution in [3.8, 4) is 0 Å². The number of carbonyl (C=O) groups excluding carboxylic acids is 2. The Morgan fingerprint density at radius 3 is 1.09 bits per heavy atom. The maximum Gasteiger partial charge on any atom is 0.269 e. The highest BCUT2D eigenvalue weighted by molar-refractivity contribution is 9.14. The van der Waals surface area contributed by atoms with E-state index in [0.29, 0.717) is 79.3 Å². The number of carbonyl (C=O) groups is 2. The van der Waals surface area contributed by atoms with Gasteiger partial charge in [0.25, 0.3) is 11.8 Å². The minimum Gasteiger partial charge on any atom is -0.379 e. The second-order valence-corrected chi connectivity index (χ2v) is 8.26. The second kappa shape index (κ2) is 20.9. The molecule has 0 aromatic rings. The Morgan fingerprint density at radius 2 is 0.788 bits per heavy atom. The van der Waals surface area contributed by atoms with E-state index in [-0.39, 0.29) is 33.9 Å². The van der Waals surface area contributed by atoms with E-state index in [1.165, 1.54) is 0 Å². The van der Waals surface area contributed by atoms with Crippen LogP contribution < -0.4 is 0 Å². The largest absolute Gasteiger partial charge is 0.379 e. The van der Waals surface area contributed by atoms with Crippen molar-refractivity contribution >= 4 is 43.7 Å². The van der Waals surface area contributed by atoms with Crippen molar-refractivity contribution in [2.75, 3.05) is 99.0 Å². The molecule has 1 aliphatic rings. The maximum absolute atomic E-state index is 11.8. The van der Waals surface area contributed by atoms with Crippen molar-refractivity contribution in [2.45, 2.75) is 13.3 Å². The summed E-state index contributed by atoms with van der Waals surface area (Å²) in [5.74, 6) is -0.733. The minimum atomic E-state index is -0.366. The van der Waals surface area contributed by atoms with Crippen molar-refractivity contribution in [1.29, 1.82) is 0 Å². The van der Waals surface area contributed by atoms with E-state index in [9.17, 15) is 9.59 Å². The zero-order valence-electron chi connectivity index (χ0n) is 19.2. The molecule has 0 fully saturated rings. The van der Waals surface area contributed by atoms with Crippen LogP contribution in [0.2, 0.25) is 0 Å². The minimum absolute atomic E-state index is 0.193. The van der Waals surface area contributed by atoms with Crippen LogP contribution in [-0.4, -0.2) is 116 Å². The van der Waals surface area contributed by atoms with Gasteiger partial charge in [-0.3, -0.25) is 14.5 Å². The van der Waals surface area contributed by atoms with Crippen LogP contribution in [0.1, 0.15) is 13.3 Å². The summed E-state index contributed by atoms with van der Waals surface area (Å²) in [6.45, 7) is 9.27. The predicted molar refractivity (Wildman–Crippen MR) is 128 cm³/mol. The highest BCUT2D eigenvalue weighted by atomic mass is 79.9. The van der Waals surface area contributed by atoms with Crippen molar-refractivity contribution in [1.82, 2.24) is 4.90 Å². The fourth-order valence-corrected chi connectivity index (χ4v) is 3.21. The molecule has 0 saturated heterocycles. The normalized spacial score (nSPS) is 14.2. The number of rotatable bonds is 23. The van der Waals surface area contributed by atoms with Crippen LogP contribution in [0.5, 0.6) is 0 Å². The van der Waals surface area contributed by atoms with E-state index in [1.54, 1.807) is 0 Å². The van der Waals surface area contributed by atoms with Gasteiger partial charge in [0.2, 0.25) is 0 Å². The molecule has 10 nitrogen and oxygen atoms in total. The molecular weight excluding hydrogens is 570 g/mol. The molecule has 12 heteroatoms. The van der Waals surface area contributed by atoms with Crippen molar-refractivity contribution < 1.29 is 42.7 Å². The highest BCUT2D eigenvalue weighted by Gasteiger charge is 2.35. The van der Waals surface area contributed by atoms with Crippen LogP contribution in [0, 0.1) is 0 Å². The summed E-state index contributed by atoms with van der Waals surface area (Å²) in [5, 5.41) is 0. The quantitative estimate of drug-likeness (QED) is 0.128. The van der Waals surface area contributed by atoms with Gasteiger partial charge in [0.1, 0.15) is 8.96 Å². The van der Waals surface area contributed by atoms with Crippen LogP contribution in [0.15, 0.2) is 8.96 Å². The van der Waals surface area contributed by atoms with Gasteiger partial charge in [-0.2, -0.15) is 0 Å². The molecule has 0 aliphatic carbocycles. The number of imide groups is 1. The van der Waals surface area contributed by atoms with Gasteiger partial charge in [-0.05, 0) is 38.3 Å². The maximum atomic E-state index is 11.8. The van der Waals surface area contributed by atoms with Crippen molar-refractivity contribution in [3.05, 3.63) is 8.96 Å². The fraction of sp³-hybridized carbons (Fsp3) is 0.810. The second-order valence-electron chi connectivity index (χ2n) is 6.68. The van der Waals surface area contributed by atoms with Crippen LogP contribution in [0.3, 0.4) is 0 Å². The summed E-state index contributed by atoms with van der Waals surface area (Å²) in [4.78, 5) is 24.8. The molecule has 0 N–H and O–H groups in total. The summed E-state index contributed by atoms with van der Waals surface area (Å²) in [7, 11) is 0. The first-order valence-corrected chi connectivity index (χ1v) is 12.6. The number of halogens is 2. The van der Waals surface area contributed by atoms with Gasteiger partial charge in [-0.15, -0.1) is 0 Å². The molecule has 0 aromatic carbocycles. The monoisotopic (exact) mass is 603 g/mol. The molecule has 1 aliphatic heterocycles. The zero-order valence-corrected chi connectivity index (χ0v) is 22.4. The molecule has 0 radical (unpaired) electrons. The molecule has 0 atom stereocenters. The smallest absolute Gasteiger partial charge is 0.269 e. The van der Waals surface area contributed by atoms with Gasteiger partial charge < -0.3 is 33.2 Å². The number of ether oxygens (including phenoxy) is 7. The summed E-state index contributed by atoms with van der Waals surface area (Å²) in [5.41, 5.74) is 0. The Bertz CT molecular complexity index is 554. The predicted octanol–water partition coefficient (Wildman–Crippen LogP) is 1.88. The number of hydrogen-bond donors (Lipinski definition) is 0. The van der Waals surface area contributed by atoms with Crippen LogP contribution >= 0.6 is 31.9 Å². The molecule has 1 rings (SSSR count). The third kappa shape index (κ3) is 14.5. The lowest BCUT2D eigenvalue weighted by atomic mass is 10.5. The molecule has 33 heavy (non-hydrogen) atoms. The first-order chi connectivity index (χ1) is 16.1. The molecular formula is C21H35Br2NO9. The Labute approximate surface area is 212 Å². The fourth-order valence-electron chi connectivity index (χ4n) is 2.44. The molecule has 0 aromatic heterocycles. The summed E-state index contributed by atoms with van der Waals surface area (Å²) >= 11 is 6.16. The molecule has 0 unspecified atom stereocenters. The van der Waals surface area contributed by atoms with E-state index in [0.717, 1.165) is 17.9 Å². The van der Waals surface area contributed by atoms with Gasteiger partial charge in [-0.25, -0.2) is 0 Å². The molecule has 1 heterocycles. The van der Waals surface area contributed by atoms with Gasteiger partial charge in [0.05, 0.1) is 92.4 Å². The van der Waals surface area contributed by atoms with Gasteiger partial charge >= 0.3 is 0 Å². The SMILES string of the molecule is CCCOCCOCCOCCOCCOCCOCCOCCN1C(=O)C(Br)=C(Br)C1=O. The van der Waals surface area contributed by atoms with Crippen molar-refractivity contribution in [2.24, 2.45) is 0 Å². The van der Waals surface area contributed by atoms with E-state index in [1.807, 2.05) is 0 Å². The van der Waals surface area contributed by atoms with Crippen LogP contribution in [0.4, 0.5) is 0 Å². The average molecular weight is 605 g/mol. The Hall–Kier alpha value is -0.440. The number of nitrogens with zero attached hydrogens (tertiary/aromatic N) is 1. The molecule has 192 valence electrons. The Kier molecular flexibility index (Phi) is 19.4. The topological polar surface area (TPSA) is 102 Å². The summed E-state index contributed by atoms with van der Waals surface area (Å²) in [6.07, 6.45) is 1.02. The standard InChI is InChI=1S/C21H35Br2NO9/c1-2-4-27-6-8-29-10-12-31-14-16-33-17-15-32-13-11-30-9-7-28-5-3-24-20(25)18(22)19(23)21(24)26/h2-17H2,1H3. The molecule has 0 saturated carbocycles. The summed E-state index contributed by atoms with van der Waals surface area (Å²) < 4.78 is 38.2. The summed E-state index contributed by atoms with van der Waals surface area (Å²) in [6, 6.07) is 0. The Morgan fingerprint density at radius 1 is 0.515 bits per heavy atom. The van der Waals surface area contributed by atoms with E-state index in [4.69, 9.17) is 33.2 Å². The third-order valence-corrected chi connectivity index (χ3v) is 6.10. The Balaban J connectivity index is 1.74. The number of amides is 2. The molecule has 0 bridgehead atoms. The van der Waals surface area contributed by atoms with Gasteiger partial charge in [0.15, 0.2) is 0 Å². The lowest BCUT2D eigenvalue weighted by molar-refractivity contribution is -0.137. The highest BCUT2D eigenvalue weighted by Crippen LogP contribution is 2.28. The number of hydrogen-bond acceptors (Lipinski definition) is 9. The van der Waals surface area contributed by atoms with Gasteiger partial charge in [-0.1, -0.05) is 6.92 Å². The average Bonchev–Trinajstić information content (AvgIpc) is 3.00.